The van der Waals surface area contributed by atoms with E-state index in [9.17, 15) is 0 Å². The molecule has 3 nitrogen and oxygen atoms in total. The maximum atomic E-state index is 3.64. The number of rotatable bonds is 5. The highest BCUT2D eigenvalue weighted by Gasteiger charge is 2.21. The van der Waals surface area contributed by atoms with Gasteiger partial charge in [-0.15, -0.1) is 0 Å². The molecule has 1 aromatic carbocycles. The van der Waals surface area contributed by atoms with Gasteiger partial charge in [0.2, 0.25) is 0 Å². The lowest BCUT2D eigenvalue weighted by Gasteiger charge is -2.32. The molecular weight excluding hydrogens is 326 g/mol. The van der Waals surface area contributed by atoms with Crippen molar-refractivity contribution in [3.05, 3.63) is 28.2 Å². The van der Waals surface area contributed by atoms with E-state index in [0.717, 1.165) is 26.2 Å². The zero-order valence-electron chi connectivity index (χ0n) is 13.5. The van der Waals surface area contributed by atoms with Crippen LogP contribution in [0.4, 0.5) is 5.69 Å². The Morgan fingerprint density at radius 3 is 2.90 bits per heavy atom. The topological polar surface area (TPSA) is 18.5 Å². The summed E-state index contributed by atoms with van der Waals surface area (Å²) in [6.07, 6.45) is 2.41. The summed E-state index contributed by atoms with van der Waals surface area (Å²) in [7, 11) is 2.23. The van der Waals surface area contributed by atoms with Gasteiger partial charge in [0, 0.05) is 35.8 Å². The zero-order chi connectivity index (χ0) is 15.2. The van der Waals surface area contributed by atoms with Gasteiger partial charge in [0.05, 0.1) is 0 Å². The van der Waals surface area contributed by atoms with Crippen molar-refractivity contribution < 1.29 is 0 Å². The fourth-order valence-electron chi connectivity index (χ4n) is 3.08. The number of halogens is 1. The highest BCUT2D eigenvalue weighted by Crippen LogP contribution is 2.28. The molecule has 1 aliphatic heterocycles. The normalized spacial score (nSPS) is 20.6. The predicted octanol–water partition coefficient (Wildman–Crippen LogP) is 3.48. The molecule has 2 rings (SSSR count). The summed E-state index contributed by atoms with van der Waals surface area (Å²) in [6.45, 7) is 10.0. The first-order chi connectivity index (χ1) is 10.1. The predicted molar refractivity (Wildman–Crippen MR) is 95.1 cm³/mol. The summed E-state index contributed by atoms with van der Waals surface area (Å²) >= 11 is 3.64. The maximum Gasteiger partial charge on any atom is 0.0426 e. The van der Waals surface area contributed by atoms with E-state index in [-0.39, 0.29) is 0 Å². The van der Waals surface area contributed by atoms with Crippen LogP contribution in [-0.2, 0) is 6.54 Å². The quantitative estimate of drug-likeness (QED) is 0.817. The lowest BCUT2D eigenvalue weighted by molar-refractivity contribution is 0.337. The SMILES string of the molecule is CCCNCc1ccc(Br)cc1N1CCCN(C)CC1C. The van der Waals surface area contributed by atoms with Crippen LogP contribution in [0, 0.1) is 0 Å². The van der Waals surface area contributed by atoms with Crippen LogP contribution in [0.5, 0.6) is 0 Å². The van der Waals surface area contributed by atoms with Crippen LogP contribution in [-0.4, -0.2) is 44.2 Å². The van der Waals surface area contributed by atoms with E-state index < -0.39 is 0 Å². The van der Waals surface area contributed by atoms with E-state index in [1.807, 2.05) is 0 Å². The molecule has 1 saturated heterocycles. The van der Waals surface area contributed by atoms with Crippen molar-refractivity contribution in [3.63, 3.8) is 0 Å². The standard InChI is InChI=1S/C17H28BrN3/c1-4-8-19-12-15-6-7-16(18)11-17(15)21-10-5-9-20(3)13-14(21)2/h6-7,11,14,19H,4-5,8-10,12-13H2,1-3H3. The summed E-state index contributed by atoms with van der Waals surface area (Å²) < 4.78 is 1.17. The monoisotopic (exact) mass is 353 g/mol. The number of nitrogens with zero attached hydrogens (tertiary/aromatic N) is 2. The Labute approximate surface area is 137 Å². The average molecular weight is 354 g/mol. The van der Waals surface area contributed by atoms with Crippen LogP contribution < -0.4 is 10.2 Å². The molecular formula is C17H28BrN3. The van der Waals surface area contributed by atoms with E-state index >= 15 is 0 Å². The Hall–Kier alpha value is -0.580. The van der Waals surface area contributed by atoms with Crippen LogP contribution in [0.25, 0.3) is 0 Å². The van der Waals surface area contributed by atoms with Crippen molar-refractivity contribution in [2.24, 2.45) is 0 Å². The Kier molecular flexibility index (Phi) is 6.52. The molecule has 4 heteroatoms. The first-order valence-corrected chi connectivity index (χ1v) is 8.85. The lowest BCUT2D eigenvalue weighted by Crippen LogP contribution is -2.38. The van der Waals surface area contributed by atoms with E-state index in [1.165, 1.54) is 35.1 Å². The molecule has 0 aromatic heterocycles. The molecule has 1 aliphatic rings. The minimum atomic E-state index is 0.553. The fraction of sp³-hybridized carbons (Fsp3) is 0.647. The summed E-state index contributed by atoms with van der Waals surface area (Å²) in [5.41, 5.74) is 2.79. The first kappa shape index (κ1) is 16.8. The molecule has 1 fully saturated rings. The van der Waals surface area contributed by atoms with Crippen molar-refractivity contribution in [2.75, 3.05) is 38.1 Å². The molecule has 118 valence electrons. The van der Waals surface area contributed by atoms with Crippen molar-refractivity contribution in [1.29, 1.82) is 0 Å². The van der Waals surface area contributed by atoms with Crippen LogP contribution in [0.3, 0.4) is 0 Å². The summed E-state index contributed by atoms with van der Waals surface area (Å²) in [5, 5.41) is 3.54. The van der Waals surface area contributed by atoms with Crippen molar-refractivity contribution in [1.82, 2.24) is 10.2 Å². The van der Waals surface area contributed by atoms with Gasteiger partial charge in [-0.2, -0.15) is 0 Å². The largest absolute Gasteiger partial charge is 0.367 e. The molecule has 1 atom stereocenters. The summed E-state index contributed by atoms with van der Waals surface area (Å²) in [6, 6.07) is 7.24. The minimum Gasteiger partial charge on any atom is -0.367 e. The van der Waals surface area contributed by atoms with Gasteiger partial charge in [-0.3, -0.25) is 0 Å². The molecule has 0 bridgehead atoms. The third-order valence-corrected chi connectivity index (χ3v) is 4.64. The van der Waals surface area contributed by atoms with Crippen LogP contribution in [0.15, 0.2) is 22.7 Å². The molecule has 1 aromatic rings. The Morgan fingerprint density at radius 2 is 2.14 bits per heavy atom. The van der Waals surface area contributed by atoms with Gasteiger partial charge < -0.3 is 15.1 Å². The maximum absolute atomic E-state index is 3.64. The minimum absolute atomic E-state index is 0.553. The number of benzene rings is 1. The van der Waals surface area contributed by atoms with Crippen LogP contribution in [0.1, 0.15) is 32.3 Å². The summed E-state index contributed by atoms with van der Waals surface area (Å²) in [5.74, 6) is 0. The molecule has 1 unspecified atom stereocenters. The second-order valence-corrected chi connectivity index (χ2v) is 7.02. The zero-order valence-corrected chi connectivity index (χ0v) is 15.1. The van der Waals surface area contributed by atoms with E-state index in [0.29, 0.717) is 6.04 Å². The molecule has 0 amide bonds. The molecule has 21 heavy (non-hydrogen) atoms. The van der Waals surface area contributed by atoms with Gasteiger partial charge in [-0.25, -0.2) is 0 Å². The molecule has 0 radical (unpaired) electrons. The number of likely N-dealkylation sites (N-methyl/N-ethyl adjacent to an activating group) is 1. The number of hydrogen-bond donors (Lipinski definition) is 1. The van der Waals surface area contributed by atoms with Crippen LogP contribution >= 0.6 is 15.9 Å². The molecule has 0 aliphatic carbocycles. The number of hydrogen-bond acceptors (Lipinski definition) is 3. The van der Waals surface area contributed by atoms with Crippen molar-refractivity contribution in [2.45, 2.75) is 39.3 Å². The molecule has 1 heterocycles. The highest BCUT2D eigenvalue weighted by molar-refractivity contribution is 9.10. The third-order valence-electron chi connectivity index (χ3n) is 4.15. The Bertz CT molecular complexity index is 450. The number of anilines is 1. The lowest BCUT2D eigenvalue weighted by atomic mass is 10.1. The highest BCUT2D eigenvalue weighted by atomic mass is 79.9. The number of nitrogens with one attached hydrogen (secondary N) is 1. The smallest absolute Gasteiger partial charge is 0.0426 e. The fourth-order valence-corrected chi connectivity index (χ4v) is 3.43. The van der Waals surface area contributed by atoms with Crippen LogP contribution in [0.2, 0.25) is 0 Å². The Balaban J connectivity index is 2.21. The van der Waals surface area contributed by atoms with Gasteiger partial charge >= 0.3 is 0 Å². The summed E-state index contributed by atoms with van der Waals surface area (Å²) in [4.78, 5) is 5.02. The average Bonchev–Trinajstić information content (AvgIpc) is 2.61. The van der Waals surface area contributed by atoms with Gasteiger partial charge in [0.25, 0.3) is 0 Å². The van der Waals surface area contributed by atoms with E-state index in [2.05, 4.69) is 70.1 Å². The van der Waals surface area contributed by atoms with Gasteiger partial charge in [0.1, 0.15) is 0 Å². The van der Waals surface area contributed by atoms with Gasteiger partial charge in [-0.1, -0.05) is 28.9 Å². The third kappa shape index (κ3) is 4.70. The second-order valence-electron chi connectivity index (χ2n) is 6.11. The molecule has 1 N–H and O–H groups in total. The van der Waals surface area contributed by atoms with Gasteiger partial charge in [0.15, 0.2) is 0 Å². The van der Waals surface area contributed by atoms with Gasteiger partial charge in [-0.05, 0) is 57.6 Å². The van der Waals surface area contributed by atoms with E-state index in [1.54, 1.807) is 0 Å². The molecule has 0 saturated carbocycles. The molecule has 0 spiro atoms. The van der Waals surface area contributed by atoms with Crippen molar-refractivity contribution in [3.8, 4) is 0 Å². The Morgan fingerprint density at radius 1 is 1.33 bits per heavy atom. The first-order valence-electron chi connectivity index (χ1n) is 8.06. The van der Waals surface area contributed by atoms with Crippen molar-refractivity contribution >= 4 is 21.6 Å². The van der Waals surface area contributed by atoms with E-state index in [4.69, 9.17) is 0 Å². The second kappa shape index (κ2) is 8.16.